The normalized spacial score (nSPS) is 12.0. The van der Waals surface area contributed by atoms with E-state index in [4.69, 9.17) is 4.74 Å². The Morgan fingerprint density at radius 1 is 0.900 bits per heavy atom. The molecule has 0 saturated carbocycles. The lowest BCUT2D eigenvalue weighted by atomic mass is 9.83. The van der Waals surface area contributed by atoms with E-state index < -0.39 is 18.5 Å². The molecule has 0 unspecified atom stereocenters. The molecule has 1 amide bonds. The van der Waals surface area contributed by atoms with Crippen LogP contribution in [0.5, 0.6) is 0 Å². The number of amides is 1. The molecule has 0 aliphatic heterocycles. The van der Waals surface area contributed by atoms with Crippen molar-refractivity contribution in [3.63, 3.8) is 0 Å². The fourth-order valence-electron chi connectivity index (χ4n) is 3.14. The smallest absolute Gasteiger partial charge is 0.359 e. The Kier molecular flexibility index (Phi) is 4.89. The summed E-state index contributed by atoms with van der Waals surface area (Å²) in [6.07, 6.45) is 2.66. The molecule has 0 saturated heterocycles. The van der Waals surface area contributed by atoms with E-state index in [0.717, 1.165) is 0 Å². The first-order chi connectivity index (χ1) is 14.5. The fraction of sp³-hybridized carbons (Fsp3) is 0.0909. The molecule has 1 aliphatic rings. The van der Waals surface area contributed by atoms with Crippen molar-refractivity contribution >= 4 is 29.1 Å². The lowest BCUT2D eigenvalue weighted by Gasteiger charge is -2.20. The molecule has 30 heavy (non-hydrogen) atoms. The summed E-state index contributed by atoms with van der Waals surface area (Å²) >= 11 is 0. The molecule has 1 aliphatic carbocycles. The van der Waals surface area contributed by atoms with E-state index >= 15 is 0 Å². The molecule has 0 spiro atoms. The Labute approximate surface area is 170 Å². The first-order valence-electron chi connectivity index (χ1n) is 9.03. The van der Waals surface area contributed by atoms with Crippen LogP contribution in [0.25, 0.3) is 0 Å². The van der Waals surface area contributed by atoms with Crippen LogP contribution >= 0.6 is 0 Å². The maximum Gasteiger partial charge on any atom is 0.359 e. The molecule has 0 radical (unpaired) electrons. The zero-order valence-electron chi connectivity index (χ0n) is 15.8. The zero-order valence-corrected chi connectivity index (χ0v) is 15.8. The van der Waals surface area contributed by atoms with Crippen molar-refractivity contribution in [2.75, 3.05) is 11.9 Å². The fourth-order valence-corrected chi connectivity index (χ4v) is 3.14. The Morgan fingerprint density at radius 3 is 2.30 bits per heavy atom. The summed E-state index contributed by atoms with van der Waals surface area (Å²) in [5, 5.41) is 2.54. The summed E-state index contributed by atoms with van der Waals surface area (Å²) in [5.41, 5.74) is 1.72. The number of ether oxygens (including phenoxy) is 1. The molecule has 148 valence electrons. The summed E-state index contributed by atoms with van der Waals surface area (Å²) in [6, 6.07) is 11.2. The van der Waals surface area contributed by atoms with Crippen LogP contribution in [0, 0.1) is 6.92 Å². The number of rotatable bonds is 4. The molecular formula is C22H15N3O5. The van der Waals surface area contributed by atoms with Crippen LogP contribution in [0.1, 0.15) is 48.0 Å². The molecule has 3 aromatic rings. The van der Waals surface area contributed by atoms with Gasteiger partial charge in [0.1, 0.15) is 0 Å². The number of anilines is 1. The van der Waals surface area contributed by atoms with E-state index in [1.54, 1.807) is 37.3 Å². The van der Waals surface area contributed by atoms with E-state index in [9.17, 15) is 19.2 Å². The van der Waals surface area contributed by atoms with Crippen LogP contribution in [0.15, 0.2) is 54.9 Å². The van der Waals surface area contributed by atoms with Gasteiger partial charge < -0.3 is 10.1 Å². The number of hydrogen-bond donors (Lipinski definition) is 1. The van der Waals surface area contributed by atoms with Crippen LogP contribution < -0.4 is 5.32 Å². The molecule has 0 atom stereocenters. The Morgan fingerprint density at radius 2 is 1.60 bits per heavy atom. The van der Waals surface area contributed by atoms with E-state index in [-0.39, 0.29) is 39.6 Å². The van der Waals surface area contributed by atoms with Crippen molar-refractivity contribution < 1.29 is 23.9 Å². The summed E-state index contributed by atoms with van der Waals surface area (Å²) in [7, 11) is 0. The number of fused-ring (bicyclic) bond motifs is 2. The highest BCUT2D eigenvalue weighted by Crippen LogP contribution is 2.31. The summed E-state index contributed by atoms with van der Waals surface area (Å²) in [5.74, 6) is -2.10. The van der Waals surface area contributed by atoms with Gasteiger partial charge in [-0.2, -0.15) is 0 Å². The van der Waals surface area contributed by atoms with Crippen molar-refractivity contribution in [2.24, 2.45) is 0 Å². The number of aromatic nitrogens is 2. The zero-order chi connectivity index (χ0) is 21.3. The van der Waals surface area contributed by atoms with Crippen molar-refractivity contribution in [1.29, 1.82) is 0 Å². The van der Waals surface area contributed by atoms with Crippen molar-refractivity contribution in [1.82, 2.24) is 9.97 Å². The van der Waals surface area contributed by atoms with Gasteiger partial charge in [0.05, 0.1) is 23.1 Å². The van der Waals surface area contributed by atoms with Gasteiger partial charge in [-0.05, 0) is 13.0 Å². The molecular weight excluding hydrogens is 386 g/mol. The lowest BCUT2D eigenvalue weighted by molar-refractivity contribution is -0.119. The molecule has 8 heteroatoms. The topological polar surface area (TPSA) is 115 Å². The maximum absolute atomic E-state index is 12.9. The molecule has 1 aromatic heterocycles. The highest BCUT2D eigenvalue weighted by molar-refractivity contribution is 6.30. The quantitative estimate of drug-likeness (QED) is 0.522. The molecule has 0 bridgehead atoms. The highest BCUT2D eigenvalue weighted by atomic mass is 16.5. The first-order valence-corrected chi connectivity index (χ1v) is 9.03. The Bertz CT molecular complexity index is 1200. The number of carbonyl (C=O) groups excluding carboxylic acids is 4. The number of nitrogens with zero attached hydrogens (tertiary/aromatic N) is 2. The Hall–Kier alpha value is -4.20. The molecule has 4 rings (SSSR count). The molecule has 0 fully saturated rings. The van der Waals surface area contributed by atoms with E-state index in [0.29, 0.717) is 11.3 Å². The predicted octanol–water partition coefficient (Wildman–Crippen LogP) is 2.36. The van der Waals surface area contributed by atoms with Gasteiger partial charge in [-0.25, -0.2) is 9.78 Å². The third-order valence-electron chi connectivity index (χ3n) is 4.55. The maximum atomic E-state index is 12.9. The number of hydrogen-bond acceptors (Lipinski definition) is 7. The summed E-state index contributed by atoms with van der Waals surface area (Å²) < 4.78 is 4.94. The minimum Gasteiger partial charge on any atom is -0.451 e. The number of ketones is 2. The number of esters is 1. The summed E-state index contributed by atoms with van der Waals surface area (Å²) in [6.45, 7) is 1.14. The average molecular weight is 401 g/mol. The van der Waals surface area contributed by atoms with Gasteiger partial charge >= 0.3 is 5.97 Å². The van der Waals surface area contributed by atoms with Crippen LogP contribution in [-0.4, -0.2) is 40.0 Å². The SMILES string of the molecule is Cc1cnc(C(=O)OCC(=O)Nc2cccc3c2C(=O)c2ccccc2C3=O)cn1. The van der Waals surface area contributed by atoms with E-state index in [1.165, 1.54) is 24.5 Å². The first kappa shape index (κ1) is 19.1. The Balaban J connectivity index is 1.51. The second-order valence-corrected chi connectivity index (χ2v) is 6.60. The van der Waals surface area contributed by atoms with E-state index in [2.05, 4.69) is 15.3 Å². The lowest BCUT2D eigenvalue weighted by Crippen LogP contribution is -2.26. The molecule has 8 nitrogen and oxygen atoms in total. The predicted molar refractivity (Wildman–Crippen MR) is 105 cm³/mol. The van der Waals surface area contributed by atoms with Gasteiger partial charge in [-0.3, -0.25) is 19.4 Å². The highest BCUT2D eigenvalue weighted by Gasteiger charge is 2.31. The van der Waals surface area contributed by atoms with Crippen LogP contribution in [0.3, 0.4) is 0 Å². The minimum absolute atomic E-state index is 0.0251. The minimum atomic E-state index is -0.798. The van der Waals surface area contributed by atoms with Crippen LogP contribution in [0.4, 0.5) is 5.69 Å². The molecule has 1 N–H and O–H groups in total. The van der Waals surface area contributed by atoms with Gasteiger partial charge in [0, 0.05) is 22.9 Å². The number of aryl methyl sites for hydroxylation is 1. The third-order valence-corrected chi connectivity index (χ3v) is 4.55. The third kappa shape index (κ3) is 3.46. The average Bonchev–Trinajstić information content (AvgIpc) is 2.76. The molecule has 1 heterocycles. The van der Waals surface area contributed by atoms with Gasteiger partial charge in [-0.15, -0.1) is 0 Å². The number of carbonyl (C=O) groups is 4. The summed E-state index contributed by atoms with van der Waals surface area (Å²) in [4.78, 5) is 57.8. The van der Waals surface area contributed by atoms with Crippen molar-refractivity contribution in [3.8, 4) is 0 Å². The number of benzene rings is 2. The second-order valence-electron chi connectivity index (χ2n) is 6.60. The van der Waals surface area contributed by atoms with E-state index in [1.807, 2.05) is 0 Å². The van der Waals surface area contributed by atoms with Crippen molar-refractivity contribution in [2.45, 2.75) is 6.92 Å². The van der Waals surface area contributed by atoms with Gasteiger partial charge in [0.15, 0.2) is 23.9 Å². The van der Waals surface area contributed by atoms with Crippen LogP contribution in [-0.2, 0) is 9.53 Å². The van der Waals surface area contributed by atoms with Gasteiger partial charge in [0.25, 0.3) is 5.91 Å². The van der Waals surface area contributed by atoms with Gasteiger partial charge in [0.2, 0.25) is 0 Å². The largest absolute Gasteiger partial charge is 0.451 e. The number of nitrogens with one attached hydrogen (secondary N) is 1. The molecule has 2 aromatic carbocycles. The van der Waals surface area contributed by atoms with Gasteiger partial charge in [-0.1, -0.05) is 36.4 Å². The standard InChI is InChI=1S/C22H15N3O5/c1-12-9-24-17(10-23-12)22(29)30-11-18(26)25-16-8-4-7-15-19(16)21(28)14-6-3-2-5-13(14)20(15)27/h2-10H,11H2,1H3,(H,25,26). The van der Waals surface area contributed by atoms with Crippen LogP contribution in [0.2, 0.25) is 0 Å². The second kappa shape index (κ2) is 7.67. The monoisotopic (exact) mass is 401 g/mol. The van der Waals surface area contributed by atoms with Crippen molar-refractivity contribution in [3.05, 3.63) is 88.5 Å².